The first-order valence-corrected chi connectivity index (χ1v) is 6.62. The van der Waals surface area contributed by atoms with Crippen LogP contribution in [0.5, 0.6) is 0 Å². The largest absolute Gasteiger partial charge is 0.299 e. The first kappa shape index (κ1) is 10.6. The van der Waals surface area contributed by atoms with Crippen LogP contribution in [0.15, 0.2) is 11.6 Å². The zero-order chi connectivity index (χ0) is 11.7. The first-order valence-electron chi connectivity index (χ1n) is 6.62. The monoisotopic (exact) mass is 218 g/mol. The van der Waals surface area contributed by atoms with E-state index in [1.54, 1.807) is 5.57 Å². The maximum atomic E-state index is 12.0. The van der Waals surface area contributed by atoms with E-state index in [1.807, 2.05) is 0 Å². The van der Waals surface area contributed by atoms with Crippen molar-refractivity contribution < 1.29 is 4.79 Å². The Labute approximate surface area is 98.3 Å². The van der Waals surface area contributed by atoms with Gasteiger partial charge in [0.1, 0.15) is 5.78 Å². The average molecular weight is 218 g/mol. The lowest BCUT2D eigenvalue weighted by atomic mass is 9.59. The van der Waals surface area contributed by atoms with Crippen molar-refractivity contribution in [3.05, 3.63) is 11.6 Å². The molecule has 0 N–H and O–H groups in total. The number of allylic oxidation sites excluding steroid dienone is 2. The lowest BCUT2D eigenvalue weighted by Gasteiger charge is -2.44. The van der Waals surface area contributed by atoms with Crippen molar-refractivity contribution in [1.82, 2.24) is 0 Å². The molecule has 1 heteroatoms. The number of carbonyl (C=O) groups is 1. The quantitative estimate of drug-likeness (QED) is 0.568. The molecule has 4 atom stereocenters. The maximum absolute atomic E-state index is 12.0. The molecule has 2 fully saturated rings. The number of hydrogen-bond donors (Lipinski definition) is 0. The van der Waals surface area contributed by atoms with Crippen LogP contribution in [0.25, 0.3) is 0 Å². The highest BCUT2D eigenvalue weighted by molar-refractivity contribution is 5.84. The van der Waals surface area contributed by atoms with E-state index in [4.69, 9.17) is 0 Å². The molecular weight excluding hydrogens is 196 g/mol. The Kier molecular flexibility index (Phi) is 1.85. The molecule has 0 bridgehead atoms. The Balaban J connectivity index is 2.06. The third kappa shape index (κ3) is 1.00. The molecule has 0 aliphatic heterocycles. The molecule has 1 nitrogen and oxygen atoms in total. The van der Waals surface area contributed by atoms with Gasteiger partial charge in [0.15, 0.2) is 0 Å². The number of Topliss-reactive ketones (excluding diaryl/α,β-unsaturated/α-hetero) is 1. The van der Waals surface area contributed by atoms with Gasteiger partial charge in [-0.2, -0.15) is 0 Å². The van der Waals surface area contributed by atoms with Crippen LogP contribution in [0.2, 0.25) is 0 Å². The van der Waals surface area contributed by atoms with Gasteiger partial charge < -0.3 is 0 Å². The van der Waals surface area contributed by atoms with Gasteiger partial charge in [0, 0.05) is 17.8 Å². The molecule has 0 heterocycles. The Morgan fingerprint density at radius 2 is 1.94 bits per heavy atom. The van der Waals surface area contributed by atoms with Crippen molar-refractivity contribution in [3.8, 4) is 0 Å². The fourth-order valence-corrected chi connectivity index (χ4v) is 4.79. The minimum Gasteiger partial charge on any atom is -0.299 e. The van der Waals surface area contributed by atoms with Crippen LogP contribution in [0.3, 0.4) is 0 Å². The SMILES string of the molecule is C[C@@H]1C(=O)CCC2=CC[C@@H]3[C@@H](C3(C)C)[C@]21C. The van der Waals surface area contributed by atoms with Crippen molar-refractivity contribution >= 4 is 5.78 Å². The van der Waals surface area contributed by atoms with E-state index in [-0.39, 0.29) is 11.3 Å². The molecule has 16 heavy (non-hydrogen) atoms. The molecule has 0 amide bonds. The summed E-state index contributed by atoms with van der Waals surface area (Å²) in [7, 11) is 0. The minimum absolute atomic E-state index is 0.182. The van der Waals surface area contributed by atoms with Gasteiger partial charge >= 0.3 is 0 Å². The summed E-state index contributed by atoms with van der Waals surface area (Å²) in [5.74, 6) is 2.30. The van der Waals surface area contributed by atoms with E-state index in [0.29, 0.717) is 11.2 Å². The Hall–Kier alpha value is -0.590. The van der Waals surface area contributed by atoms with Crippen molar-refractivity contribution in [2.45, 2.75) is 47.0 Å². The van der Waals surface area contributed by atoms with Crippen LogP contribution < -0.4 is 0 Å². The molecular formula is C15H22O. The minimum atomic E-state index is 0.182. The normalized spacial score (nSPS) is 49.1. The van der Waals surface area contributed by atoms with Crippen LogP contribution in [0.4, 0.5) is 0 Å². The molecule has 2 saturated carbocycles. The van der Waals surface area contributed by atoms with Gasteiger partial charge in [-0.15, -0.1) is 0 Å². The summed E-state index contributed by atoms with van der Waals surface area (Å²) in [6.07, 6.45) is 5.52. The molecule has 0 spiro atoms. The summed E-state index contributed by atoms with van der Waals surface area (Å²) in [5, 5.41) is 0. The molecule has 0 aromatic carbocycles. The lowest BCUT2D eigenvalue weighted by molar-refractivity contribution is -0.127. The van der Waals surface area contributed by atoms with Gasteiger partial charge in [-0.25, -0.2) is 0 Å². The zero-order valence-electron chi connectivity index (χ0n) is 10.8. The number of rotatable bonds is 0. The Morgan fingerprint density at radius 3 is 2.62 bits per heavy atom. The number of ketones is 1. The van der Waals surface area contributed by atoms with E-state index in [9.17, 15) is 4.79 Å². The second-order valence-electron chi connectivity index (χ2n) is 6.84. The highest BCUT2D eigenvalue weighted by Crippen LogP contribution is 2.73. The number of fused-ring (bicyclic) bond motifs is 3. The van der Waals surface area contributed by atoms with Crippen molar-refractivity contribution in [3.63, 3.8) is 0 Å². The van der Waals surface area contributed by atoms with Gasteiger partial charge in [-0.1, -0.05) is 39.3 Å². The molecule has 3 rings (SSSR count). The standard InChI is InChI=1S/C15H22O/c1-9-12(16)8-6-10-5-7-11-13(14(11,2)3)15(9,10)4/h5,9,11,13H,6-8H2,1-4H3/t9-,11-,13+,15+/m1/s1. The predicted molar refractivity (Wildman–Crippen MR) is 65.0 cm³/mol. The van der Waals surface area contributed by atoms with Crippen molar-refractivity contribution in [2.24, 2.45) is 28.6 Å². The summed E-state index contributed by atoms with van der Waals surface area (Å²) in [4.78, 5) is 12.0. The van der Waals surface area contributed by atoms with Crippen molar-refractivity contribution in [2.75, 3.05) is 0 Å². The molecule has 0 aromatic rings. The van der Waals surface area contributed by atoms with Gasteiger partial charge in [0.2, 0.25) is 0 Å². The average Bonchev–Trinajstić information content (AvgIpc) is 2.78. The van der Waals surface area contributed by atoms with E-state index in [0.717, 1.165) is 24.7 Å². The second kappa shape index (κ2) is 2.80. The fourth-order valence-electron chi connectivity index (χ4n) is 4.79. The van der Waals surface area contributed by atoms with Gasteiger partial charge in [-0.3, -0.25) is 4.79 Å². The van der Waals surface area contributed by atoms with Gasteiger partial charge in [0.05, 0.1) is 0 Å². The zero-order valence-corrected chi connectivity index (χ0v) is 10.8. The highest BCUT2D eigenvalue weighted by atomic mass is 16.1. The van der Waals surface area contributed by atoms with Crippen LogP contribution >= 0.6 is 0 Å². The smallest absolute Gasteiger partial charge is 0.136 e. The third-order valence-corrected chi connectivity index (χ3v) is 6.03. The molecule has 0 radical (unpaired) electrons. The second-order valence-corrected chi connectivity index (χ2v) is 6.84. The summed E-state index contributed by atoms with van der Waals surface area (Å²) in [5.41, 5.74) is 2.23. The number of carbonyl (C=O) groups excluding carboxylic acids is 1. The summed E-state index contributed by atoms with van der Waals surface area (Å²) >= 11 is 0. The summed E-state index contributed by atoms with van der Waals surface area (Å²) in [6, 6.07) is 0. The van der Waals surface area contributed by atoms with Gasteiger partial charge in [-0.05, 0) is 30.1 Å². The van der Waals surface area contributed by atoms with Crippen molar-refractivity contribution in [1.29, 1.82) is 0 Å². The van der Waals surface area contributed by atoms with Crippen LogP contribution in [-0.4, -0.2) is 5.78 Å². The molecule has 88 valence electrons. The van der Waals surface area contributed by atoms with E-state index >= 15 is 0 Å². The van der Waals surface area contributed by atoms with Gasteiger partial charge in [0.25, 0.3) is 0 Å². The van der Waals surface area contributed by atoms with Crippen LogP contribution in [-0.2, 0) is 4.79 Å². The lowest BCUT2D eigenvalue weighted by Crippen LogP contribution is -2.41. The first-order chi connectivity index (χ1) is 7.40. The maximum Gasteiger partial charge on any atom is 0.136 e. The van der Waals surface area contributed by atoms with E-state index < -0.39 is 0 Å². The van der Waals surface area contributed by atoms with Crippen LogP contribution in [0, 0.1) is 28.6 Å². The molecule has 0 aromatic heterocycles. The number of hydrogen-bond acceptors (Lipinski definition) is 1. The highest BCUT2D eigenvalue weighted by Gasteiger charge is 2.68. The molecule has 3 aliphatic carbocycles. The molecule has 0 unspecified atom stereocenters. The fraction of sp³-hybridized carbons (Fsp3) is 0.800. The Bertz CT molecular complexity index is 390. The summed E-state index contributed by atoms with van der Waals surface area (Å²) in [6.45, 7) is 9.28. The Morgan fingerprint density at radius 1 is 1.25 bits per heavy atom. The predicted octanol–water partition coefficient (Wildman–Crippen LogP) is 3.59. The topological polar surface area (TPSA) is 17.1 Å². The molecule has 0 saturated heterocycles. The van der Waals surface area contributed by atoms with E-state index in [1.165, 1.54) is 6.42 Å². The molecule has 3 aliphatic rings. The third-order valence-electron chi connectivity index (χ3n) is 6.03. The van der Waals surface area contributed by atoms with Crippen LogP contribution in [0.1, 0.15) is 47.0 Å². The summed E-state index contributed by atoms with van der Waals surface area (Å²) < 4.78 is 0. The van der Waals surface area contributed by atoms with E-state index in [2.05, 4.69) is 33.8 Å².